The van der Waals surface area contributed by atoms with E-state index < -0.39 is 23.9 Å². The van der Waals surface area contributed by atoms with Gasteiger partial charge in [-0.15, -0.1) is 11.3 Å². The molecule has 1 aromatic heterocycles. The van der Waals surface area contributed by atoms with Crippen LogP contribution in [0.15, 0.2) is 21.7 Å². The Balaban J connectivity index is 2.85. The average Bonchev–Trinajstić information content (AvgIpc) is 2.69. The summed E-state index contributed by atoms with van der Waals surface area (Å²) in [6.45, 7) is 1.62. The Morgan fingerprint density at radius 2 is 2.24 bits per heavy atom. The summed E-state index contributed by atoms with van der Waals surface area (Å²) in [5.74, 6) is 0. The number of hydrogen-bond acceptors (Lipinski definition) is 5. The summed E-state index contributed by atoms with van der Waals surface area (Å²) in [4.78, 5) is 9.38. The van der Waals surface area contributed by atoms with Crippen LogP contribution in [-0.2, 0) is 19.1 Å². The van der Waals surface area contributed by atoms with Crippen molar-refractivity contribution in [2.75, 3.05) is 19.9 Å². The zero-order chi connectivity index (χ0) is 13.1. The Morgan fingerprint density at radius 1 is 1.59 bits per heavy atom. The van der Waals surface area contributed by atoms with Gasteiger partial charge >= 0.3 is 7.60 Å². The Bertz CT molecular complexity index is 498. The second kappa shape index (κ2) is 5.60. The molecule has 1 atom stereocenters. The number of rotatable bonds is 6. The van der Waals surface area contributed by atoms with Gasteiger partial charge in [-0.1, -0.05) is 6.07 Å². The van der Waals surface area contributed by atoms with Crippen LogP contribution < -0.4 is 0 Å². The highest BCUT2D eigenvalue weighted by atomic mass is 32.2. The van der Waals surface area contributed by atoms with Gasteiger partial charge in [0, 0.05) is 7.05 Å². The molecule has 0 amide bonds. The maximum absolute atomic E-state index is 11.9. The first-order chi connectivity index (χ1) is 7.79. The minimum absolute atomic E-state index is 0.0562. The molecule has 98 valence electrons. The van der Waals surface area contributed by atoms with Crippen molar-refractivity contribution in [2.45, 2.75) is 11.1 Å². The fourth-order valence-corrected chi connectivity index (χ4v) is 5.21. The standard InChI is InChI=1S/C8H14NO5PS2/c1-3-14-15(10,11)7-9(2)17(12,13)8-5-4-6-16-8/h4-6H,3,7H2,1-2H3,(H,10,11). The second-order valence-corrected chi connectivity index (χ2v) is 8.27. The van der Waals surface area contributed by atoms with Crippen molar-refractivity contribution in [3.8, 4) is 0 Å². The highest BCUT2D eigenvalue weighted by Crippen LogP contribution is 2.43. The lowest BCUT2D eigenvalue weighted by Crippen LogP contribution is -2.27. The van der Waals surface area contributed by atoms with Crippen LogP contribution in [-0.4, -0.2) is 37.6 Å². The van der Waals surface area contributed by atoms with E-state index in [1.165, 1.54) is 13.1 Å². The fraction of sp³-hybridized carbons (Fsp3) is 0.500. The summed E-state index contributed by atoms with van der Waals surface area (Å²) in [6.07, 6.45) is -0.554. The Morgan fingerprint density at radius 3 is 2.71 bits per heavy atom. The Hall–Kier alpha value is -0.240. The lowest BCUT2D eigenvalue weighted by atomic mass is 10.7. The van der Waals surface area contributed by atoms with Gasteiger partial charge in [0.05, 0.1) is 6.61 Å². The van der Waals surface area contributed by atoms with Crippen molar-refractivity contribution in [1.82, 2.24) is 4.31 Å². The third kappa shape index (κ3) is 3.87. The first-order valence-electron chi connectivity index (χ1n) is 4.76. The van der Waals surface area contributed by atoms with Crippen LogP contribution >= 0.6 is 18.9 Å². The molecule has 0 bridgehead atoms. The monoisotopic (exact) mass is 299 g/mol. The van der Waals surface area contributed by atoms with E-state index >= 15 is 0 Å². The molecule has 1 unspecified atom stereocenters. The smallest absolute Gasteiger partial charge is 0.323 e. The molecule has 0 aliphatic carbocycles. The van der Waals surface area contributed by atoms with Crippen molar-refractivity contribution in [2.24, 2.45) is 0 Å². The van der Waals surface area contributed by atoms with E-state index in [1.54, 1.807) is 18.4 Å². The van der Waals surface area contributed by atoms with Crippen molar-refractivity contribution < 1.29 is 22.4 Å². The minimum atomic E-state index is -3.90. The van der Waals surface area contributed by atoms with Crippen molar-refractivity contribution in [3.05, 3.63) is 17.5 Å². The summed E-state index contributed by atoms with van der Waals surface area (Å²) in [7, 11) is -6.36. The molecule has 0 saturated heterocycles. The van der Waals surface area contributed by atoms with Gasteiger partial charge < -0.3 is 9.42 Å². The molecule has 1 heterocycles. The second-order valence-electron chi connectivity index (χ2n) is 3.23. The summed E-state index contributed by atoms with van der Waals surface area (Å²) in [5.41, 5.74) is 0. The van der Waals surface area contributed by atoms with Crippen LogP contribution in [0.4, 0.5) is 0 Å². The summed E-state index contributed by atoms with van der Waals surface area (Å²) < 4.78 is 40.9. The number of hydrogen-bond donors (Lipinski definition) is 1. The van der Waals surface area contributed by atoms with E-state index in [0.29, 0.717) is 0 Å². The zero-order valence-electron chi connectivity index (χ0n) is 9.44. The van der Waals surface area contributed by atoms with Crippen LogP contribution in [0.25, 0.3) is 0 Å². The van der Waals surface area contributed by atoms with Gasteiger partial charge in [0.1, 0.15) is 10.5 Å². The molecule has 1 N–H and O–H groups in total. The van der Waals surface area contributed by atoms with Gasteiger partial charge in [0.15, 0.2) is 0 Å². The molecule has 1 aromatic rings. The maximum Gasteiger partial charge on any atom is 0.343 e. The largest absolute Gasteiger partial charge is 0.343 e. The summed E-state index contributed by atoms with van der Waals surface area (Å²) in [5, 5.41) is 1.63. The van der Waals surface area contributed by atoms with Crippen molar-refractivity contribution in [1.29, 1.82) is 0 Å². The van der Waals surface area contributed by atoms with E-state index in [0.717, 1.165) is 15.6 Å². The molecule has 0 aromatic carbocycles. The third-order valence-corrected chi connectivity index (χ3v) is 6.68. The average molecular weight is 299 g/mol. The molecule has 0 aliphatic rings. The van der Waals surface area contributed by atoms with Gasteiger partial charge in [0.2, 0.25) is 0 Å². The summed E-state index contributed by atoms with van der Waals surface area (Å²) >= 11 is 1.06. The predicted octanol–water partition coefficient (Wildman–Crippen LogP) is 1.55. The highest BCUT2D eigenvalue weighted by molar-refractivity contribution is 7.91. The maximum atomic E-state index is 11.9. The lowest BCUT2D eigenvalue weighted by Gasteiger charge is -2.19. The molecule has 1 rings (SSSR count). The molecule has 0 aliphatic heterocycles. The first kappa shape index (κ1) is 14.8. The highest BCUT2D eigenvalue weighted by Gasteiger charge is 2.29. The van der Waals surface area contributed by atoms with Gasteiger partial charge in [-0.05, 0) is 18.4 Å². The van der Waals surface area contributed by atoms with Crippen LogP contribution in [0.1, 0.15) is 6.92 Å². The van der Waals surface area contributed by atoms with Gasteiger partial charge in [-0.25, -0.2) is 8.42 Å². The SMILES string of the molecule is CCOP(=O)(O)CN(C)S(=O)(=O)c1cccs1. The van der Waals surface area contributed by atoms with Gasteiger partial charge in [-0.2, -0.15) is 4.31 Å². The summed E-state index contributed by atoms with van der Waals surface area (Å²) in [6, 6.07) is 3.05. The first-order valence-corrected chi connectivity index (χ1v) is 8.84. The zero-order valence-corrected chi connectivity index (χ0v) is 12.0. The van der Waals surface area contributed by atoms with Gasteiger partial charge in [-0.3, -0.25) is 4.57 Å². The molecule has 0 saturated carbocycles. The molecule has 17 heavy (non-hydrogen) atoms. The normalized spacial score (nSPS) is 16.0. The fourth-order valence-electron chi connectivity index (χ4n) is 1.13. The van der Waals surface area contributed by atoms with E-state index in [2.05, 4.69) is 4.52 Å². The Labute approximate surface area is 104 Å². The molecule has 9 heteroatoms. The van der Waals surface area contributed by atoms with Crippen molar-refractivity contribution >= 4 is 29.0 Å². The number of thiophene rings is 1. The van der Waals surface area contributed by atoms with E-state index in [9.17, 15) is 17.9 Å². The number of nitrogens with zero attached hydrogens (tertiary/aromatic N) is 1. The van der Waals surface area contributed by atoms with Crippen LogP contribution in [0, 0.1) is 0 Å². The Kier molecular flexibility index (Phi) is 4.88. The van der Waals surface area contributed by atoms with E-state index in [-0.39, 0.29) is 10.8 Å². The molecule has 0 spiro atoms. The van der Waals surface area contributed by atoms with Crippen molar-refractivity contribution in [3.63, 3.8) is 0 Å². The topological polar surface area (TPSA) is 83.9 Å². The van der Waals surface area contributed by atoms with Crippen LogP contribution in [0.2, 0.25) is 0 Å². The molecule has 0 radical (unpaired) electrons. The predicted molar refractivity (Wildman–Crippen MR) is 65.6 cm³/mol. The molecule has 6 nitrogen and oxygen atoms in total. The molecular formula is C8H14NO5PS2. The third-order valence-electron chi connectivity index (χ3n) is 1.87. The van der Waals surface area contributed by atoms with Gasteiger partial charge in [0.25, 0.3) is 10.0 Å². The van der Waals surface area contributed by atoms with Crippen LogP contribution in [0.5, 0.6) is 0 Å². The number of sulfonamides is 1. The van der Waals surface area contributed by atoms with E-state index in [4.69, 9.17) is 0 Å². The van der Waals surface area contributed by atoms with Crippen LogP contribution in [0.3, 0.4) is 0 Å². The quantitative estimate of drug-likeness (QED) is 0.806. The molecule has 0 fully saturated rings. The van der Waals surface area contributed by atoms with E-state index in [1.807, 2.05) is 0 Å². The minimum Gasteiger partial charge on any atom is -0.323 e. The lowest BCUT2D eigenvalue weighted by molar-refractivity contribution is 0.264. The molecular weight excluding hydrogens is 285 g/mol.